The molecule has 0 spiro atoms. The zero-order chi connectivity index (χ0) is 10.7. The van der Waals surface area contributed by atoms with Crippen LogP contribution in [0.3, 0.4) is 0 Å². The van der Waals surface area contributed by atoms with Gasteiger partial charge in [-0.15, -0.1) is 0 Å². The Balaban J connectivity index is 2.18. The molecular formula is C11H8Br2N2. The highest BCUT2D eigenvalue weighted by Crippen LogP contribution is 2.18. The fraction of sp³-hybridized carbons (Fsp3) is 0. The number of rotatable bonds is 2. The van der Waals surface area contributed by atoms with Gasteiger partial charge in [-0.3, -0.25) is 0 Å². The molecule has 1 N–H and O–H groups in total. The predicted octanol–water partition coefficient (Wildman–Crippen LogP) is 4.35. The summed E-state index contributed by atoms with van der Waals surface area (Å²) in [7, 11) is 0. The summed E-state index contributed by atoms with van der Waals surface area (Å²) in [5.74, 6) is 0.826. The number of aromatic nitrogens is 1. The van der Waals surface area contributed by atoms with E-state index >= 15 is 0 Å². The molecule has 0 saturated heterocycles. The van der Waals surface area contributed by atoms with Crippen LogP contribution in [0.1, 0.15) is 0 Å². The molecule has 2 rings (SSSR count). The smallest absolute Gasteiger partial charge is 0.131 e. The Kier molecular flexibility index (Phi) is 3.38. The van der Waals surface area contributed by atoms with Gasteiger partial charge in [-0.25, -0.2) is 4.98 Å². The van der Waals surface area contributed by atoms with E-state index in [-0.39, 0.29) is 0 Å². The largest absolute Gasteiger partial charge is 0.340 e. The zero-order valence-corrected chi connectivity index (χ0v) is 10.9. The first kappa shape index (κ1) is 10.6. The van der Waals surface area contributed by atoms with Gasteiger partial charge in [-0.2, -0.15) is 0 Å². The second-order valence-electron chi connectivity index (χ2n) is 2.98. The van der Waals surface area contributed by atoms with Gasteiger partial charge < -0.3 is 5.32 Å². The number of nitrogens with one attached hydrogen (secondary N) is 1. The fourth-order valence-corrected chi connectivity index (χ4v) is 1.77. The fourth-order valence-electron chi connectivity index (χ4n) is 1.16. The van der Waals surface area contributed by atoms with Gasteiger partial charge in [-0.1, -0.05) is 22.0 Å². The van der Waals surface area contributed by atoms with Crippen molar-refractivity contribution < 1.29 is 0 Å². The molecule has 0 unspecified atom stereocenters. The van der Waals surface area contributed by atoms with Crippen molar-refractivity contribution in [1.29, 1.82) is 0 Å². The Morgan fingerprint density at radius 3 is 2.33 bits per heavy atom. The zero-order valence-electron chi connectivity index (χ0n) is 7.74. The Morgan fingerprint density at radius 1 is 0.933 bits per heavy atom. The molecule has 76 valence electrons. The highest BCUT2D eigenvalue weighted by Gasteiger charge is 1.96. The lowest BCUT2D eigenvalue weighted by molar-refractivity contribution is 1.26. The van der Waals surface area contributed by atoms with E-state index in [0.717, 1.165) is 20.6 Å². The SMILES string of the molecule is Brc1ccc(Nc2cccc(Br)n2)cc1. The van der Waals surface area contributed by atoms with E-state index in [1.54, 1.807) is 0 Å². The van der Waals surface area contributed by atoms with E-state index < -0.39 is 0 Å². The summed E-state index contributed by atoms with van der Waals surface area (Å²) in [4.78, 5) is 4.28. The molecule has 0 bridgehead atoms. The van der Waals surface area contributed by atoms with E-state index in [9.17, 15) is 0 Å². The van der Waals surface area contributed by atoms with Crippen LogP contribution >= 0.6 is 31.9 Å². The molecule has 15 heavy (non-hydrogen) atoms. The lowest BCUT2D eigenvalue weighted by Gasteiger charge is -2.05. The minimum absolute atomic E-state index is 0.824. The summed E-state index contributed by atoms with van der Waals surface area (Å²) in [5.41, 5.74) is 1.02. The molecular weight excluding hydrogens is 320 g/mol. The first-order chi connectivity index (χ1) is 7.24. The van der Waals surface area contributed by atoms with Gasteiger partial charge >= 0.3 is 0 Å². The number of hydrogen-bond acceptors (Lipinski definition) is 2. The number of nitrogens with zero attached hydrogens (tertiary/aromatic N) is 1. The maximum Gasteiger partial charge on any atom is 0.131 e. The molecule has 0 atom stereocenters. The second kappa shape index (κ2) is 4.77. The van der Waals surface area contributed by atoms with Crippen LogP contribution in [0.4, 0.5) is 11.5 Å². The minimum Gasteiger partial charge on any atom is -0.340 e. The Labute approximate surface area is 105 Å². The van der Waals surface area contributed by atoms with Gasteiger partial charge in [0, 0.05) is 10.2 Å². The van der Waals surface area contributed by atoms with Crippen molar-refractivity contribution in [1.82, 2.24) is 4.98 Å². The van der Waals surface area contributed by atoms with Crippen LogP contribution in [0.2, 0.25) is 0 Å². The summed E-state index contributed by atoms with van der Waals surface area (Å²) in [5, 5.41) is 3.21. The molecule has 0 aliphatic carbocycles. The van der Waals surface area contributed by atoms with Crippen molar-refractivity contribution in [2.45, 2.75) is 0 Å². The van der Waals surface area contributed by atoms with Crippen molar-refractivity contribution in [2.75, 3.05) is 5.32 Å². The molecule has 0 aliphatic rings. The van der Waals surface area contributed by atoms with E-state index in [2.05, 4.69) is 42.2 Å². The van der Waals surface area contributed by atoms with Crippen LogP contribution in [0.25, 0.3) is 0 Å². The van der Waals surface area contributed by atoms with Gasteiger partial charge in [0.1, 0.15) is 10.4 Å². The van der Waals surface area contributed by atoms with Crippen LogP contribution < -0.4 is 5.32 Å². The van der Waals surface area contributed by atoms with Crippen molar-refractivity contribution in [3.63, 3.8) is 0 Å². The summed E-state index contributed by atoms with van der Waals surface area (Å²) in [6.45, 7) is 0. The van der Waals surface area contributed by atoms with Crippen molar-refractivity contribution in [3.8, 4) is 0 Å². The third-order valence-electron chi connectivity index (χ3n) is 1.83. The van der Waals surface area contributed by atoms with Crippen molar-refractivity contribution in [3.05, 3.63) is 51.5 Å². The molecule has 0 aliphatic heterocycles. The van der Waals surface area contributed by atoms with Gasteiger partial charge in [0.15, 0.2) is 0 Å². The monoisotopic (exact) mass is 326 g/mol. The summed E-state index contributed by atoms with van der Waals surface area (Å²) < 4.78 is 1.89. The van der Waals surface area contributed by atoms with E-state index in [4.69, 9.17) is 0 Å². The molecule has 4 heteroatoms. The summed E-state index contributed by atoms with van der Waals surface area (Å²) in [6, 6.07) is 13.7. The molecule has 0 fully saturated rings. The van der Waals surface area contributed by atoms with Crippen LogP contribution in [0.15, 0.2) is 51.5 Å². The maximum atomic E-state index is 4.28. The Bertz CT molecular complexity index is 454. The first-order valence-corrected chi connectivity index (χ1v) is 5.98. The molecule has 0 saturated carbocycles. The lowest BCUT2D eigenvalue weighted by atomic mass is 10.3. The standard InChI is InChI=1S/C11H8Br2N2/c12-8-4-6-9(7-5-8)14-11-3-1-2-10(13)15-11/h1-7H,(H,14,15). The third-order valence-corrected chi connectivity index (χ3v) is 2.80. The predicted molar refractivity (Wildman–Crippen MR) is 69.4 cm³/mol. The normalized spacial score (nSPS) is 10.0. The van der Waals surface area contributed by atoms with Gasteiger partial charge in [-0.05, 0) is 52.3 Å². The highest BCUT2D eigenvalue weighted by atomic mass is 79.9. The van der Waals surface area contributed by atoms with Gasteiger partial charge in [0.05, 0.1) is 0 Å². The third kappa shape index (κ3) is 3.04. The minimum atomic E-state index is 0.824. The number of hydrogen-bond donors (Lipinski definition) is 1. The topological polar surface area (TPSA) is 24.9 Å². The summed E-state index contributed by atoms with van der Waals surface area (Å²) >= 11 is 6.72. The number of benzene rings is 1. The van der Waals surface area contributed by atoms with E-state index in [1.165, 1.54) is 0 Å². The Morgan fingerprint density at radius 2 is 1.67 bits per heavy atom. The quantitative estimate of drug-likeness (QED) is 0.829. The van der Waals surface area contributed by atoms with Crippen molar-refractivity contribution in [2.24, 2.45) is 0 Å². The average molecular weight is 328 g/mol. The van der Waals surface area contributed by atoms with Crippen LogP contribution in [0, 0.1) is 0 Å². The maximum absolute atomic E-state index is 4.28. The molecule has 0 radical (unpaired) electrons. The number of anilines is 2. The summed E-state index contributed by atoms with van der Waals surface area (Å²) in [6.07, 6.45) is 0. The number of pyridine rings is 1. The van der Waals surface area contributed by atoms with E-state index in [1.807, 2.05) is 42.5 Å². The first-order valence-electron chi connectivity index (χ1n) is 4.39. The van der Waals surface area contributed by atoms with Crippen LogP contribution in [-0.4, -0.2) is 4.98 Å². The second-order valence-corrected chi connectivity index (χ2v) is 4.71. The van der Waals surface area contributed by atoms with Gasteiger partial charge in [0.25, 0.3) is 0 Å². The molecule has 1 heterocycles. The van der Waals surface area contributed by atoms with Crippen molar-refractivity contribution >= 4 is 43.4 Å². The van der Waals surface area contributed by atoms with Crippen LogP contribution in [0.5, 0.6) is 0 Å². The number of halogens is 2. The molecule has 1 aromatic carbocycles. The molecule has 2 nitrogen and oxygen atoms in total. The highest BCUT2D eigenvalue weighted by molar-refractivity contribution is 9.10. The molecule has 1 aromatic heterocycles. The van der Waals surface area contributed by atoms with Gasteiger partial charge in [0.2, 0.25) is 0 Å². The average Bonchev–Trinajstić information content (AvgIpc) is 2.22. The Hall–Kier alpha value is -0.870. The lowest BCUT2D eigenvalue weighted by Crippen LogP contribution is -1.92. The molecule has 0 amide bonds. The molecule has 2 aromatic rings. The van der Waals surface area contributed by atoms with Crippen LogP contribution in [-0.2, 0) is 0 Å². The van der Waals surface area contributed by atoms with E-state index in [0.29, 0.717) is 0 Å².